The Labute approximate surface area is 79.1 Å². The number of carboxylic acid groups (broad SMARTS) is 1. The summed E-state index contributed by atoms with van der Waals surface area (Å²) in [4.78, 5) is 10.4. The van der Waals surface area contributed by atoms with Gasteiger partial charge < -0.3 is 10.2 Å². The Bertz CT molecular complexity index is 185. The second-order valence-corrected chi connectivity index (χ2v) is 3.39. The summed E-state index contributed by atoms with van der Waals surface area (Å²) in [7, 11) is 0. The zero-order valence-corrected chi connectivity index (χ0v) is 8.29. The highest BCUT2D eigenvalue weighted by Gasteiger charge is 2.01. The highest BCUT2D eigenvalue weighted by molar-refractivity contribution is 5.85. The van der Waals surface area contributed by atoms with Gasteiger partial charge in [0.1, 0.15) is 0 Å². The molecule has 0 aromatic carbocycles. The predicted octanol–water partition coefficient (Wildman–Crippen LogP) is 1.82. The van der Waals surface area contributed by atoms with Crippen molar-refractivity contribution in [3.8, 4) is 0 Å². The lowest BCUT2D eigenvalue weighted by Crippen LogP contribution is -1.99. The van der Waals surface area contributed by atoms with Crippen molar-refractivity contribution in [1.82, 2.24) is 0 Å². The van der Waals surface area contributed by atoms with Gasteiger partial charge in [0.15, 0.2) is 0 Å². The number of aliphatic hydroxyl groups is 1. The van der Waals surface area contributed by atoms with Crippen LogP contribution < -0.4 is 0 Å². The number of hydrogen-bond acceptors (Lipinski definition) is 2. The van der Waals surface area contributed by atoms with Crippen molar-refractivity contribution in [2.24, 2.45) is 5.92 Å². The maximum atomic E-state index is 10.4. The molecule has 3 nitrogen and oxygen atoms in total. The predicted molar refractivity (Wildman–Crippen MR) is 51.5 cm³/mol. The van der Waals surface area contributed by atoms with Crippen LogP contribution in [0.15, 0.2) is 11.6 Å². The van der Waals surface area contributed by atoms with Crippen molar-refractivity contribution in [2.45, 2.75) is 33.1 Å². The van der Waals surface area contributed by atoms with Gasteiger partial charge in [0.05, 0.1) is 0 Å². The number of aliphatic hydroxyl groups excluding tert-OH is 1. The maximum absolute atomic E-state index is 10.4. The van der Waals surface area contributed by atoms with Crippen LogP contribution in [0.3, 0.4) is 0 Å². The van der Waals surface area contributed by atoms with Gasteiger partial charge in [0, 0.05) is 12.2 Å². The molecule has 0 aromatic heterocycles. The fourth-order valence-electron chi connectivity index (χ4n) is 1.04. The molecule has 0 rings (SSSR count). The van der Waals surface area contributed by atoms with Crippen molar-refractivity contribution >= 4 is 5.97 Å². The van der Waals surface area contributed by atoms with E-state index in [1.165, 1.54) is 0 Å². The molecule has 2 N–H and O–H groups in total. The number of allylic oxidation sites excluding steroid dienone is 1. The van der Waals surface area contributed by atoms with E-state index in [0.29, 0.717) is 11.5 Å². The summed E-state index contributed by atoms with van der Waals surface area (Å²) < 4.78 is 0. The molecule has 76 valence electrons. The van der Waals surface area contributed by atoms with Crippen LogP contribution in [0.1, 0.15) is 33.1 Å². The van der Waals surface area contributed by atoms with Gasteiger partial charge in [-0.25, -0.2) is 4.79 Å². The molecule has 0 aliphatic rings. The normalized spacial score (nSPS) is 14.2. The van der Waals surface area contributed by atoms with E-state index in [9.17, 15) is 4.79 Å². The molecular weight excluding hydrogens is 168 g/mol. The van der Waals surface area contributed by atoms with Crippen LogP contribution in [0.25, 0.3) is 0 Å². The molecule has 0 radical (unpaired) electrons. The zero-order valence-electron chi connectivity index (χ0n) is 8.29. The summed E-state index contributed by atoms with van der Waals surface area (Å²) in [5, 5.41) is 17.2. The van der Waals surface area contributed by atoms with Crippen molar-refractivity contribution in [3.63, 3.8) is 0 Å². The average molecular weight is 186 g/mol. The molecule has 0 fully saturated rings. The van der Waals surface area contributed by atoms with E-state index in [2.05, 4.69) is 6.92 Å². The fourth-order valence-corrected chi connectivity index (χ4v) is 1.04. The Morgan fingerprint density at radius 1 is 1.46 bits per heavy atom. The minimum Gasteiger partial charge on any atom is -0.478 e. The second kappa shape index (κ2) is 6.66. The Morgan fingerprint density at radius 2 is 2.08 bits per heavy atom. The molecule has 0 unspecified atom stereocenters. The first-order valence-corrected chi connectivity index (χ1v) is 4.58. The molecule has 0 aromatic rings. The molecule has 0 bridgehead atoms. The van der Waals surface area contributed by atoms with E-state index in [0.717, 1.165) is 19.3 Å². The quantitative estimate of drug-likeness (QED) is 0.622. The molecular formula is C10H18O3. The molecule has 0 aliphatic carbocycles. The molecule has 3 heteroatoms. The molecule has 0 aliphatic heterocycles. The summed E-state index contributed by atoms with van der Waals surface area (Å²) in [6, 6.07) is 0. The smallest absolute Gasteiger partial charge is 0.330 e. The van der Waals surface area contributed by atoms with E-state index in [1.807, 2.05) is 0 Å². The van der Waals surface area contributed by atoms with E-state index in [-0.39, 0.29) is 6.61 Å². The van der Waals surface area contributed by atoms with Crippen LogP contribution >= 0.6 is 0 Å². The number of carbonyl (C=O) groups is 1. The fraction of sp³-hybridized carbons (Fsp3) is 0.700. The third-order valence-corrected chi connectivity index (χ3v) is 2.07. The van der Waals surface area contributed by atoms with Crippen LogP contribution in [0.4, 0.5) is 0 Å². The molecule has 1 atom stereocenters. The number of carboxylic acids is 1. The van der Waals surface area contributed by atoms with Gasteiger partial charge >= 0.3 is 5.97 Å². The van der Waals surface area contributed by atoms with Crippen LogP contribution in [0.5, 0.6) is 0 Å². The highest BCUT2D eigenvalue weighted by atomic mass is 16.4. The van der Waals surface area contributed by atoms with E-state index < -0.39 is 5.97 Å². The number of hydrogen-bond donors (Lipinski definition) is 2. The molecule has 0 heterocycles. The first kappa shape index (κ1) is 12.2. The molecule has 0 spiro atoms. The first-order chi connectivity index (χ1) is 6.07. The lowest BCUT2D eigenvalue weighted by Gasteiger charge is -2.06. The van der Waals surface area contributed by atoms with Gasteiger partial charge in [-0.1, -0.05) is 13.0 Å². The van der Waals surface area contributed by atoms with Crippen LogP contribution in [0.2, 0.25) is 0 Å². The monoisotopic (exact) mass is 186 g/mol. The van der Waals surface area contributed by atoms with Gasteiger partial charge in [-0.3, -0.25) is 0 Å². The Hall–Kier alpha value is -0.830. The standard InChI is InChI=1S/C10H18O3/c1-8(6-7-11)4-3-5-9(2)10(12)13/h5,8,11H,3-4,6-7H2,1-2H3,(H,12,13)/t8-/m1/s1. The Balaban J connectivity index is 3.65. The highest BCUT2D eigenvalue weighted by Crippen LogP contribution is 2.10. The minimum absolute atomic E-state index is 0.211. The summed E-state index contributed by atoms with van der Waals surface area (Å²) in [6.07, 6.45) is 4.24. The molecule has 13 heavy (non-hydrogen) atoms. The van der Waals surface area contributed by atoms with Gasteiger partial charge in [-0.15, -0.1) is 0 Å². The first-order valence-electron chi connectivity index (χ1n) is 4.58. The van der Waals surface area contributed by atoms with Crippen LogP contribution in [-0.2, 0) is 4.79 Å². The Morgan fingerprint density at radius 3 is 2.54 bits per heavy atom. The number of aliphatic carboxylic acids is 1. The summed E-state index contributed by atoms with van der Waals surface area (Å²) in [6.45, 7) is 3.86. The lowest BCUT2D eigenvalue weighted by molar-refractivity contribution is -0.132. The summed E-state index contributed by atoms with van der Waals surface area (Å²) in [5.74, 6) is -0.391. The molecule has 0 saturated heterocycles. The van der Waals surface area contributed by atoms with Gasteiger partial charge in [-0.2, -0.15) is 0 Å². The van der Waals surface area contributed by atoms with Crippen molar-refractivity contribution in [2.75, 3.05) is 6.61 Å². The van der Waals surface area contributed by atoms with Crippen molar-refractivity contribution < 1.29 is 15.0 Å². The molecule has 0 saturated carbocycles. The third kappa shape index (κ3) is 6.34. The van der Waals surface area contributed by atoms with E-state index in [4.69, 9.17) is 10.2 Å². The van der Waals surface area contributed by atoms with E-state index in [1.54, 1.807) is 13.0 Å². The van der Waals surface area contributed by atoms with Gasteiger partial charge in [-0.05, 0) is 32.1 Å². The van der Waals surface area contributed by atoms with Crippen molar-refractivity contribution in [3.05, 3.63) is 11.6 Å². The maximum Gasteiger partial charge on any atom is 0.330 e. The van der Waals surface area contributed by atoms with E-state index >= 15 is 0 Å². The minimum atomic E-state index is -0.852. The molecule has 0 amide bonds. The third-order valence-electron chi connectivity index (χ3n) is 2.07. The number of rotatable bonds is 6. The average Bonchev–Trinajstić information content (AvgIpc) is 2.04. The Kier molecular flexibility index (Phi) is 6.24. The van der Waals surface area contributed by atoms with Gasteiger partial charge in [0.25, 0.3) is 0 Å². The largest absolute Gasteiger partial charge is 0.478 e. The summed E-state index contributed by atoms with van der Waals surface area (Å²) >= 11 is 0. The SMILES string of the molecule is CC(=CCC[C@@H](C)CCO)C(=O)O. The topological polar surface area (TPSA) is 57.5 Å². The van der Waals surface area contributed by atoms with Crippen LogP contribution in [-0.4, -0.2) is 22.8 Å². The van der Waals surface area contributed by atoms with Crippen molar-refractivity contribution in [1.29, 1.82) is 0 Å². The lowest BCUT2D eigenvalue weighted by atomic mass is 10.0. The van der Waals surface area contributed by atoms with Gasteiger partial charge in [0.2, 0.25) is 0 Å². The van der Waals surface area contributed by atoms with Crippen LogP contribution in [0, 0.1) is 5.92 Å². The second-order valence-electron chi connectivity index (χ2n) is 3.39. The zero-order chi connectivity index (χ0) is 10.3. The summed E-state index contributed by atoms with van der Waals surface area (Å²) in [5.41, 5.74) is 0.399.